The van der Waals surface area contributed by atoms with Crippen LogP contribution in [0.4, 0.5) is 0 Å². The number of aliphatic hydroxyl groups is 5. The summed E-state index contributed by atoms with van der Waals surface area (Å²) in [6, 6.07) is 0. The number of allylic oxidation sites excluding steroid dienone is 2. The molecule has 48 heavy (non-hydrogen) atoms. The summed E-state index contributed by atoms with van der Waals surface area (Å²) in [6.07, 6.45) is 9.76. The van der Waals surface area contributed by atoms with Gasteiger partial charge in [0.15, 0.2) is 6.10 Å². The smallest absolute Gasteiger partial charge is 0.462 e. The third kappa shape index (κ3) is 19.7. The van der Waals surface area contributed by atoms with Crippen LogP contribution in [-0.2, 0) is 32.7 Å². The highest BCUT2D eigenvalue weighted by Crippen LogP contribution is 2.47. The summed E-state index contributed by atoms with van der Waals surface area (Å²) in [5.41, 5.74) is 0. The zero-order valence-electron chi connectivity index (χ0n) is 29.0. The first-order valence-electron chi connectivity index (χ1n) is 18.0. The predicted molar refractivity (Wildman–Crippen MR) is 180 cm³/mol. The van der Waals surface area contributed by atoms with Crippen molar-refractivity contribution in [3.05, 3.63) is 12.2 Å². The Kier molecular flexibility index (Phi) is 24.5. The van der Waals surface area contributed by atoms with Crippen LogP contribution in [0.25, 0.3) is 0 Å². The van der Waals surface area contributed by atoms with E-state index in [1.807, 2.05) is 6.92 Å². The van der Waals surface area contributed by atoms with E-state index >= 15 is 0 Å². The van der Waals surface area contributed by atoms with Crippen molar-refractivity contribution < 1.29 is 63.1 Å². The molecule has 1 rings (SSSR count). The zero-order chi connectivity index (χ0) is 35.8. The first-order valence-corrected chi connectivity index (χ1v) is 19.5. The molecule has 1 aliphatic carbocycles. The van der Waals surface area contributed by atoms with Gasteiger partial charge >= 0.3 is 19.8 Å². The first kappa shape index (κ1) is 44.6. The summed E-state index contributed by atoms with van der Waals surface area (Å²) >= 11 is 0. The second-order valence-electron chi connectivity index (χ2n) is 12.7. The van der Waals surface area contributed by atoms with E-state index in [1.54, 1.807) is 0 Å². The molecule has 0 heterocycles. The maximum Gasteiger partial charge on any atom is 0.472 e. The summed E-state index contributed by atoms with van der Waals surface area (Å²) < 4.78 is 32.9. The van der Waals surface area contributed by atoms with Crippen LogP contribution in [0.15, 0.2) is 12.2 Å². The number of carbonyl (C=O) groups is 2. The summed E-state index contributed by atoms with van der Waals surface area (Å²) in [7, 11) is -5.09. The molecule has 6 atom stereocenters. The van der Waals surface area contributed by atoms with Crippen LogP contribution in [-0.4, -0.2) is 98.3 Å². The average molecular weight is 711 g/mol. The van der Waals surface area contributed by atoms with Crippen molar-refractivity contribution in [1.29, 1.82) is 0 Å². The lowest BCUT2D eigenvalue weighted by Crippen LogP contribution is -2.64. The Morgan fingerprint density at radius 3 is 1.62 bits per heavy atom. The Balaban J connectivity index is 2.45. The van der Waals surface area contributed by atoms with Crippen molar-refractivity contribution in [3.8, 4) is 0 Å². The molecule has 13 nitrogen and oxygen atoms in total. The Hall–Kier alpha value is -1.41. The van der Waals surface area contributed by atoms with E-state index in [1.165, 1.54) is 44.9 Å². The fourth-order valence-corrected chi connectivity index (χ4v) is 6.31. The zero-order valence-corrected chi connectivity index (χ0v) is 29.9. The number of phosphoric ester groups is 1. The van der Waals surface area contributed by atoms with Crippen molar-refractivity contribution in [2.45, 2.75) is 179 Å². The van der Waals surface area contributed by atoms with Crippen LogP contribution < -0.4 is 0 Å². The molecule has 1 aliphatic rings. The summed E-state index contributed by atoms with van der Waals surface area (Å²) in [5.74, 6) is -1.14. The summed E-state index contributed by atoms with van der Waals surface area (Å²) in [5, 5.41) is 49.6. The van der Waals surface area contributed by atoms with Crippen LogP contribution in [0.1, 0.15) is 136 Å². The van der Waals surface area contributed by atoms with Gasteiger partial charge in [0, 0.05) is 12.8 Å². The van der Waals surface area contributed by atoms with Gasteiger partial charge in [-0.2, -0.15) is 0 Å². The molecular weight excluding hydrogens is 647 g/mol. The molecule has 6 N–H and O–H groups in total. The van der Waals surface area contributed by atoms with Crippen LogP contribution >= 0.6 is 7.82 Å². The molecular formula is C34H63O13P. The van der Waals surface area contributed by atoms with Crippen molar-refractivity contribution >= 4 is 19.8 Å². The van der Waals surface area contributed by atoms with Gasteiger partial charge in [0.25, 0.3) is 0 Å². The highest BCUT2D eigenvalue weighted by atomic mass is 31.2. The Morgan fingerprint density at radius 1 is 0.625 bits per heavy atom. The minimum Gasteiger partial charge on any atom is -0.462 e. The second-order valence-corrected chi connectivity index (χ2v) is 14.1. The molecule has 0 aliphatic heterocycles. The van der Waals surface area contributed by atoms with Gasteiger partial charge in [-0.1, -0.05) is 96.6 Å². The number of aliphatic hydroxyl groups excluding tert-OH is 5. The van der Waals surface area contributed by atoms with Gasteiger partial charge in [0.2, 0.25) is 0 Å². The standard InChI is InChI=1S/C34H63O13P/c1-3-5-7-8-9-10-11-12-13-14-15-16-17-18-19-21-23-28(36)46-26(24-44-27(35)22-20-6-4-2)25-45-48(42,43)47-34-32(40)30(38)29(37)31(39)33(34)41/h13-14,26,29-34,37-41H,3-12,15-25H2,1-2H3,(H,42,43)/b14-13-. The van der Waals surface area contributed by atoms with E-state index in [4.69, 9.17) is 18.5 Å². The lowest BCUT2D eigenvalue weighted by molar-refractivity contribution is -0.220. The molecule has 14 heteroatoms. The molecule has 282 valence electrons. The molecule has 0 saturated heterocycles. The quantitative estimate of drug-likeness (QED) is 0.0280. The monoisotopic (exact) mass is 710 g/mol. The molecule has 0 aromatic carbocycles. The highest BCUT2D eigenvalue weighted by molar-refractivity contribution is 7.47. The lowest BCUT2D eigenvalue weighted by atomic mass is 9.85. The number of esters is 2. The van der Waals surface area contributed by atoms with Gasteiger partial charge in [-0.3, -0.25) is 18.6 Å². The fourth-order valence-electron chi connectivity index (χ4n) is 5.34. The van der Waals surface area contributed by atoms with Crippen LogP contribution in [0, 0.1) is 0 Å². The lowest BCUT2D eigenvalue weighted by Gasteiger charge is -2.41. The Morgan fingerprint density at radius 2 is 1.06 bits per heavy atom. The third-order valence-corrected chi connectivity index (χ3v) is 9.34. The number of carbonyl (C=O) groups excluding carboxylic acids is 2. The summed E-state index contributed by atoms with van der Waals surface area (Å²) in [6.45, 7) is 3.04. The highest BCUT2D eigenvalue weighted by Gasteiger charge is 2.51. The van der Waals surface area contributed by atoms with E-state index in [-0.39, 0.29) is 12.8 Å². The van der Waals surface area contributed by atoms with E-state index in [0.29, 0.717) is 12.8 Å². The normalized spacial score (nSPS) is 24.8. The number of phosphoric acid groups is 1. The van der Waals surface area contributed by atoms with E-state index in [0.717, 1.165) is 51.4 Å². The largest absolute Gasteiger partial charge is 0.472 e. The van der Waals surface area contributed by atoms with Crippen LogP contribution in [0.5, 0.6) is 0 Å². The van der Waals surface area contributed by atoms with Crippen molar-refractivity contribution in [2.75, 3.05) is 13.2 Å². The maximum atomic E-state index is 12.6. The molecule has 1 fully saturated rings. The molecule has 6 unspecified atom stereocenters. The van der Waals surface area contributed by atoms with Gasteiger partial charge in [-0.15, -0.1) is 0 Å². The first-order chi connectivity index (χ1) is 22.9. The number of hydrogen-bond acceptors (Lipinski definition) is 12. The molecule has 0 bridgehead atoms. The minimum absolute atomic E-state index is 0.0884. The predicted octanol–water partition coefficient (Wildman–Crippen LogP) is 4.77. The van der Waals surface area contributed by atoms with Crippen LogP contribution in [0.3, 0.4) is 0 Å². The van der Waals surface area contributed by atoms with Gasteiger partial charge in [-0.25, -0.2) is 4.57 Å². The van der Waals surface area contributed by atoms with Gasteiger partial charge < -0.3 is 39.9 Å². The molecule has 0 aromatic heterocycles. The van der Waals surface area contributed by atoms with E-state index in [2.05, 4.69) is 19.1 Å². The topological polar surface area (TPSA) is 210 Å². The molecule has 0 amide bonds. The van der Waals surface area contributed by atoms with Gasteiger partial charge in [0.1, 0.15) is 43.2 Å². The number of unbranched alkanes of at least 4 members (excludes halogenated alkanes) is 14. The van der Waals surface area contributed by atoms with Gasteiger partial charge in [-0.05, 0) is 38.5 Å². The SMILES string of the molecule is CCCCCCCCC/C=C\CCCCCCCC(=O)OC(COC(=O)CCCCC)COP(=O)(O)OC1C(O)C(O)C(O)C(O)C1O. The average Bonchev–Trinajstić information content (AvgIpc) is 3.06. The van der Waals surface area contributed by atoms with E-state index < -0.39 is 75.7 Å². The van der Waals surface area contributed by atoms with E-state index in [9.17, 15) is 44.6 Å². The number of ether oxygens (including phenoxy) is 2. The minimum atomic E-state index is -5.09. The molecule has 0 radical (unpaired) electrons. The Labute approximate surface area is 286 Å². The molecule has 0 spiro atoms. The molecule has 0 aromatic rings. The number of rotatable bonds is 28. The van der Waals surface area contributed by atoms with Crippen LogP contribution in [0.2, 0.25) is 0 Å². The summed E-state index contributed by atoms with van der Waals surface area (Å²) in [4.78, 5) is 34.9. The van der Waals surface area contributed by atoms with Crippen molar-refractivity contribution in [3.63, 3.8) is 0 Å². The molecule has 1 saturated carbocycles. The van der Waals surface area contributed by atoms with Crippen molar-refractivity contribution in [2.24, 2.45) is 0 Å². The fraction of sp³-hybridized carbons (Fsp3) is 0.882. The van der Waals surface area contributed by atoms with Crippen molar-refractivity contribution in [1.82, 2.24) is 0 Å². The van der Waals surface area contributed by atoms with Gasteiger partial charge in [0.05, 0.1) is 6.61 Å². The third-order valence-electron chi connectivity index (χ3n) is 8.36. The number of hydrogen-bond donors (Lipinski definition) is 6. The maximum absolute atomic E-state index is 12.6. The Bertz CT molecular complexity index is 917. The second kappa shape index (κ2) is 26.4.